The van der Waals surface area contributed by atoms with Crippen molar-refractivity contribution in [2.75, 3.05) is 0 Å². The lowest BCUT2D eigenvalue weighted by atomic mass is 10.6. The van der Waals surface area contributed by atoms with E-state index in [1.54, 1.807) is 0 Å². The summed E-state index contributed by atoms with van der Waals surface area (Å²) in [5.74, 6) is 0. The highest BCUT2D eigenvalue weighted by molar-refractivity contribution is 7.68. The van der Waals surface area contributed by atoms with Crippen LogP contribution in [0.2, 0.25) is 0 Å². The van der Waals surface area contributed by atoms with Crippen LogP contribution in [-0.2, 0) is 40.3 Å². The van der Waals surface area contributed by atoms with Crippen molar-refractivity contribution in [1.29, 1.82) is 0 Å². The molecule has 0 amide bonds. The van der Waals surface area contributed by atoms with E-state index in [2.05, 4.69) is 12.9 Å². The zero-order valence-corrected chi connectivity index (χ0v) is 23.5. The molecule has 9 N–H and O–H groups in total. The Morgan fingerprint density at radius 2 is 0.697 bits per heavy atom. The molecule has 3 atom stereocenters. The van der Waals surface area contributed by atoms with E-state index in [0.717, 1.165) is 0 Å². The smallest absolute Gasteiger partial charge is 0.324 e. The maximum Gasteiger partial charge on any atom is 0.488 e. The lowest BCUT2D eigenvalue weighted by Gasteiger charge is -2.18. The number of rotatable bonds is 9. The van der Waals surface area contributed by atoms with Crippen LogP contribution in [0, 0.1) is 0 Å². The first-order valence-electron chi connectivity index (χ1n) is 8.23. The molecular weight excluding hydrogens is 582 g/mol. The molecule has 3 unspecified atom stereocenters. The van der Waals surface area contributed by atoms with Gasteiger partial charge < -0.3 is 44.0 Å². The summed E-state index contributed by atoms with van der Waals surface area (Å²) in [6.07, 6.45) is 0. The van der Waals surface area contributed by atoms with Gasteiger partial charge in [0.05, 0.1) is 17.0 Å². The normalized spacial score (nSPS) is 18.4. The van der Waals surface area contributed by atoms with Crippen molar-refractivity contribution in [2.45, 2.75) is 58.5 Å². The predicted molar refractivity (Wildman–Crippen MR) is 114 cm³/mol. The predicted octanol–water partition coefficient (Wildman–Crippen LogP) is 2.07. The average Bonchev–Trinajstić information content (AvgIpc) is 2.40. The summed E-state index contributed by atoms with van der Waals surface area (Å²) in [5, 5.41) is 0. The summed E-state index contributed by atoms with van der Waals surface area (Å²) < 4.78 is 73.8. The summed E-state index contributed by atoms with van der Waals surface area (Å²) in [5.41, 5.74) is -2.37. The highest BCUT2D eigenvalue weighted by Gasteiger charge is 2.40. The Bertz CT molecular complexity index is 876. The van der Waals surface area contributed by atoms with Crippen molar-refractivity contribution < 1.29 is 84.4 Å². The van der Waals surface area contributed by atoms with E-state index < -0.39 is 63.2 Å². The minimum Gasteiger partial charge on any atom is -0.324 e. The van der Waals surface area contributed by atoms with Crippen LogP contribution in [0.1, 0.15) is 41.5 Å². The van der Waals surface area contributed by atoms with Crippen LogP contribution in [0.5, 0.6) is 0 Å². The van der Waals surface area contributed by atoms with Crippen LogP contribution in [0.15, 0.2) is 0 Å². The van der Waals surface area contributed by atoms with Gasteiger partial charge in [-0.25, -0.2) is 22.3 Å². The van der Waals surface area contributed by atoms with E-state index in [1.165, 1.54) is 41.5 Å². The van der Waals surface area contributed by atoms with Crippen LogP contribution in [0.25, 0.3) is 0 Å². The molecule has 33 heavy (non-hydrogen) atoms. The van der Waals surface area contributed by atoms with Gasteiger partial charge in [0.15, 0.2) is 0 Å². The Kier molecular flexibility index (Phi) is 16.3. The molecule has 0 fully saturated rings. The Morgan fingerprint density at radius 3 is 0.848 bits per heavy atom. The van der Waals surface area contributed by atoms with Gasteiger partial charge in [-0.05, 0) is 0 Å². The van der Waals surface area contributed by atoms with Gasteiger partial charge in [0.25, 0.3) is 0 Å². The second-order valence-corrected chi connectivity index (χ2v) is 18.1. The zero-order valence-electron chi connectivity index (χ0n) is 18.1. The molecule has 0 heterocycles. The molecule has 0 saturated carbocycles. The first-order chi connectivity index (χ1) is 14.0. The van der Waals surface area contributed by atoms with Crippen molar-refractivity contribution >= 4 is 46.3 Å². The number of hydrogen-bond acceptors (Lipinski definition) is 9. The highest BCUT2D eigenvalue weighted by atomic mass is 31.3. The first kappa shape index (κ1) is 38.4. The van der Waals surface area contributed by atoms with Crippen molar-refractivity contribution in [2.24, 2.45) is 0 Å². The topological polar surface area (TPSA) is 312 Å². The van der Waals surface area contributed by atoms with Gasteiger partial charge in [-0.1, -0.05) is 41.5 Å². The van der Waals surface area contributed by atoms with E-state index in [9.17, 15) is 27.4 Å². The molecule has 18 nitrogen and oxygen atoms in total. The fraction of sp³-hybridized carbons (Fsp3) is 1.00. The van der Waals surface area contributed by atoms with Gasteiger partial charge in [-0.15, -0.1) is 0 Å². The fourth-order valence-corrected chi connectivity index (χ4v) is 6.01. The van der Waals surface area contributed by atoms with Crippen molar-refractivity contribution in [3.05, 3.63) is 0 Å². The number of phosphoric acid groups is 3. The Morgan fingerprint density at radius 1 is 0.455 bits per heavy atom. The van der Waals surface area contributed by atoms with Crippen LogP contribution >= 0.6 is 46.3 Å². The summed E-state index contributed by atoms with van der Waals surface area (Å²) in [6.45, 7) is 8.07. The molecule has 0 aliphatic heterocycles. The third kappa shape index (κ3) is 23.1. The summed E-state index contributed by atoms with van der Waals surface area (Å²) in [7, 11) is -27.7. The van der Waals surface area contributed by atoms with Crippen molar-refractivity contribution in [3.63, 3.8) is 0 Å². The molecule has 0 spiro atoms. The lowest BCUT2D eigenvalue weighted by molar-refractivity contribution is 0.221. The average molecular weight is 612 g/mol. The molecule has 0 aromatic carbocycles. The quantitative estimate of drug-likeness (QED) is 0.168. The van der Waals surface area contributed by atoms with Crippen LogP contribution in [0.4, 0.5) is 0 Å². The molecular formula is C9H30O18P6. The van der Waals surface area contributed by atoms with Gasteiger partial charge >= 0.3 is 46.3 Å². The highest BCUT2D eigenvalue weighted by Crippen LogP contribution is 2.67. The molecule has 0 aliphatic carbocycles. The molecule has 0 aliphatic rings. The minimum atomic E-state index is -5.27. The van der Waals surface area contributed by atoms with Crippen molar-refractivity contribution in [3.8, 4) is 0 Å². The second kappa shape index (κ2) is 14.0. The van der Waals surface area contributed by atoms with E-state index in [0.29, 0.717) is 0 Å². The van der Waals surface area contributed by atoms with Gasteiger partial charge in [0, 0.05) is 0 Å². The summed E-state index contributed by atoms with van der Waals surface area (Å²) in [4.78, 5) is 75.6. The molecule has 0 bridgehead atoms. The van der Waals surface area contributed by atoms with Gasteiger partial charge in [-0.3, -0.25) is 13.7 Å². The van der Waals surface area contributed by atoms with E-state index in [1.807, 2.05) is 0 Å². The van der Waals surface area contributed by atoms with E-state index in [-0.39, 0.29) is 0 Å². The molecule has 0 saturated heterocycles. The third-order valence-corrected chi connectivity index (χ3v) is 11.8. The Hall–Kier alpha value is 0.900. The fourth-order valence-electron chi connectivity index (χ4n) is 0.638. The summed E-state index contributed by atoms with van der Waals surface area (Å²) >= 11 is 0. The van der Waals surface area contributed by atoms with Crippen LogP contribution in [0.3, 0.4) is 0 Å². The van der Waals surface area contributed by atoms with E-state index >= 15 is 0 Å². The van der Waals surface area contributed by atoms with Crippen LogP contribution < -0.4 is 0 Å². The molecule has 204 valence electrons. The molecule has 24 heteroatoms. The standard InChI is InChI=1S/C3H11O9P3.C3H10O6P2.C3H9O3P/c1-3(2)13(4,5)11-15(9,10)12-14(6,7)8;1-3(2)10(4,5)9-11(6,7)8;1-3(2)7(4,5)6/h3H,1-2H3,(H,4,5)(H,9,10)(H2,6,7,8);3H,1-2H3,(H,4,5)(H2,6,7,8);3H,1-2H3,(H2,4,5,6). The first-order valence-corrected chi connectivity index (χ1v) is 17.8. The lowest BCUT2D eigenvalue weighted by Crippen LogP contribution is -2.01. The molecule has 0 aromatic heterocycles. The van der Waals surface area contributed by atoms with E-state index in [4.69, 9.17) is 44.0 Å². The Labute approximate surface area is 189 Å². The maximum atomic E-state index is 11.1. The van der Waals surface area contributed by atoms with Crippen LogP contribution in [-0.4, -0.2) is 61.0 Å². The van der Waals surface area contributed by atoms with Gasteiger partial charge in [0.2, 0.25) is 0 Å². The zero-order chi connectivity index (χ0) is 27.9. The molecule has 0 aromatic rings. The maximum absolute atomic E-state index is 11.1. The minimum absolute atomic E-state index is 0.535. The Balaban J connectivity index is -0.000000439. The number of hydrogen-bond donors (Lipinski definition) is 9. The van der Waals surface area contributed by atoms with Crippen molar-refractivity contribution in [1.82, 2.24) is 0 Å². The largest absolute Gasteiger partial charge is 0.488 e. The molecule has 0 radical (unpaired) electrons. The monoisotopic (exact) mass is 612 g/mol. The third-order valence-electron chi connectivity index (χ3n) is 2.63. The van der Waals surface area contributed by atoms with Gasteiger partial charge in [-0.2, -0.15) is 4.31 Å². The molecule has 0 rings (SSSR count). The summed E-state index contributed by atoms with van der Waals surface area (Å²) in [6, 6.07) is 0. The SMILES string of the molecule is CC(C)P(=O)(O)O.CC(C)P(=O)(O)OP(=O)(O)O.CC(C)P(=O)(O)OP(=O)(O)OP(=O)(O)O. The second-order valence-electron chi connectivity index (χ2n) is 6.69. The van der Waals surface area contributed by atoms with Gasteiger partial charge in [0.1, 0.15) is 0 Å².